The third-order valence-electron chi connectivity index (χ3n) is 5.67. The molecule has 6 nitrogen and oxygen atoms in total. The number of Topliss-reactive ketones (excluding diaryl/α,β-unsaturated/α-hetero) is 1. The van der Waals surface area contributed by atoms with Gasteiger partial charge in [-0.2, -0.15) is 0 Å². The van der Waals surface area contributed by atoms with Crippen molar-refractivity contribution in [3.05, 3.63) is 75.4 Å². The topological polar surface area (TPSA) is 70.4 Å². The molecule has 1 fully saturated rings. The maximum absolute atomic E-state index is 13.6. The quantitative estimate of drug-likeness (QED) is 0.194. The summed E-state index contributed by atoms with van der Waals surface area (Å²) < 4.78 is 12.2. The van der Waals surface area contributed by atoms with Crippen molar-refractivity contribution >= 4 is 39.1 Å². The number of hydrogen-bond donors (Lipinski definition) is 0. The highest BCUT2D eigenvalue weighted by Crippen LogP contribution is 2.44. The first-order valence-electron chi connectivity index (χ1n) is 10.6. The lowest BCUT2D eigenvalue weighted by Gasteiger charge is -2.13. The minimum atomic E-state index is -0.0836. The molecular formula is C25H22N2O4S2. The molecule has 0 unspecified atom stereocenters. The summed E-state index contributed by atoms with van der Waals surface area (Å²) in [5.74, 6) is 1.58. The number of carbonyl (C=O) groups excluding carboxylic acids is 1. The predicted molar refractivity (Wildman–Crippen MR) is 132 cm³/mol. The van der Waals surface area contributed by atoms with E-state index in [1.807, 2.05) is 30.3 Å². The van der Waals surface area contributed by atoms with Crippen molar-refractivity contribution in [1.82, 2.24) is 9.55 Å². The van der Waals surface area contributed by atoms with E-state index in [1.54, 1.807) is 29.9 Å². The molecule has 4 aromatic rings. The molecule has 0 saturated heterocycles. The highest BCUT2D eigenvalue weighted by atomic mass is 32.2. The zero-order valence-corrected chi connectivity index (χ0v) is 19.9. The Labute approximate surface area is 199 Å². The molecule has 2 heterocycles. The maximum atomic E-state index is 13.6. The van der Waals surface area contributed by atoms with Crippen LogP contribution in [0.5, 0.6) is 11.5 Å². The average Bonchev–Trinajstić information content (AvgIpc) is 3.61. The van der Waals surface area contributed by atoms with Gasteiger partial charge in [-0.3, -0.25) is 14.2 Å². The first-order chi connectivity index (χ1) is 16.1. The lowest BCUT2D eigenvalue weighted by Crippen LogP contribution is -2.22. The normalized spacial score (nSPS) is 13.3. The van der Waals surface area contributed by atoms with Gasteiger partial charge in [-0.25, -0.2) is 4.98 Å². The Hall–Kier alpha value is -3.10. The van der Waals surface area contributed by atoms with Crippen molar-refractivity contribution in [1.29, 1.82) is 0 Å². The van der Waals surface area contributed by atoms with Gasteiger partial charge in [0.05, 0.1) is 31.0 Å². The first-order valence-corrected chi connectivity index (χ1v) is 12.4. The number of aromatic nitrogens is 2. The zero-order valence-electron chi connectivity index (χ0n) is 18.2. The van der Waals surface area contributed by atoms with E-state index in [9.17, 15) is 9.59 Å². The first kappa shape index (κ1) is 21.7. The summed E-state index contributed by atoms with van der Waals surface area (Å²) in [6.45, 7) is 0. The van der Waals surface area contributed by atoms with Crippen LogP contribution in [0.2, 0.25) is 0 Å². The molecule has 2 aromatic heterocycles. The number of ether oxygens (including phenoxy) is 2. The van der Waals surface area contributed by atoms with Crippen LogP contribution in [0.25, 0.3) is 15.9 Å². The standard InChI is InChI=1S/C25H22N2O4S2/c1-30-20-11-10-16(12-21(20)31-2)19(28)14-33-25-26-23-22(18(13-32-23)15-8-9-15)24(29)27(25)17-6-4-3-5-7-17/h3-7,10-13,15H,8-9,14H2,1-2H3. The number of thiophene rings is 1. The fraction of sp³-hybridized carbons (Fsp3) is 0.240. The van der Waals surface area contributed by atoms with Gasteiger partial charge in [0.15, 0.2) is 22.4 Å². The van der Waals surface area contributed by atoms with Crippen molar-refractivity contribution in [2.45, 2.75) is 23.9 Å². The number of hydrogen-bond acceptors (Lipinski definition) is 7. The molecule has 1 aliphatic rings. The van der Waals surface area contributed by atoms with E-state index in [-0.39, 0.29) is 17.1 Å². The van der Waals surface area contributed by atoms with E-state index in [0.717, 1.165) is 28.9 Å². The Balaban J connectivity index is 1.51. The molecular weight excluding hydrogens is 456 g/mol. The van der Waals surface area contributed by atoms with Crippen LogP contribution in [0.1, 0.15) is 34.7 Å². The van der Waals surface area contributed by atoms with E-state index < -0.39 is 0 Å². The van der Waals surface area contributed by atoms with Crippen molar-refractivity contribution in [3.8, 4) is 17.2 Å². The number of carbonyl (C=O) groups is 1. The smallest absolute Gasteiger partial charge is 0.267 e. The van der Waals surface area contributed by atoms with E-state index in [4.69, 9.17) is 14.5 Å². The van der Waals surface area contributed by atoms with Crippen LogP contribution in [0, 0.1) is 0 Å². The SMILES string of the molecule is COc1ccc(C(=O)CSc2nc3scc(C4CC4)c3c(=O)n2-c2ccccc2)cc1OC. The Morgan fingerprint density at radius 3 is 2.58 bits per heavy atom. The lowest BCUT2D eigenvalue weighted by molar-refractivity contribution is 0.102. The summed E-state index contributed by atoms with van der Waals surface area (Å²) in [7, 11) is 3.09. The second-order valence-corrected chi connectivity index (χ2v) is 9.60. The minimum Gasteiger partial charge on any atom is -0.493 e. The molecule has 0 spiro atoms. The van der Waals surface area contributed by atoms with E-state index >= 15 is 0 Å². The van der Waals surface area contributed by atoms with Gasteiger partial charge in [0.2, 0.25) is 0 Å². The summed E-state index contributed by atoms with van der Waals surface area (Å²) in [5, 5.41) is 3.29. The van der Waals surface area contributed by atoms with Crippen molar-refractivity contribution in [2.24, 2.45) is 0 Å². The Kier molecular flexibility index (Phi) is 5.95. The van der Waals surface area contributed by atoms with Crippen LogP contribution in [-0.2, 0) is 0 Å². The Morgan fingerprint density at radius 1 is 1.12 bits per heavy atom. The maximum Gasteiger partial charge on any atom is 0.267 e. The van der Waals surface area contributed by atoms with Crippen LogP contribution >= 0.6 is 23.1 Å². The summed E-state index contributed by atoms with van der Waals surface area (Å²) in [6, 6.07) is 14.6. The fourth-order valence-corrected chi connectivity index (χ4v) is 5.78. The van der Waals surface area contributed by atoms with Crippen molar-refractivity contribution < 1.29 is 14.3 Å². The van der Waals surface area contributed by atoms with Gasteiger partial charge >= 0.3 is 0 Å². The van der Waals surface area contributed by atoms with E-state index in [1.165, 1.54) is 30.2 Å². The highest BCUT2D eigenvalue weighted by Gasteiger charge is 2.29. The molecule has 1 saturated carbocycles. The molecule has 1 aliphatic carbocycles. The molecule has 8 heteroatoms. The molecule has 0 bridgehead atoms. The van der Waals surface area contributed by atoms with Gasteiger partial charge in [0.1, 0.15) is 4.83 Å². The molecule has 0 aliphatic heterocycles. The van der Waals surface area contributed by atoms with Gasteiger partial charge in [-0.05, 0) is 60.0 Å². The third-order valence-corrected chi connectivity index (χ3v) is 7.50. The van der Waals surface area contributed by atoms with Crippen LogP contribution in [0.4, 0.5) is 0 Å². The highest BCUT2D eigenvalue weighted by molar-refractivity contribution is 7.99. The van der Waals surface area contributed by atoms with Gasteiger partial charge in [0, 0.05) is 5.56 Å². The van der Waals surface area contributed by atoms with Gasteiger partial charge in [-0.1, -0.05) is 30.0 Å². The van der Waals surface area contributed by atoms with Crippen LogP contribution in [-0.4, -0.2) is 35.3 Å². The largest absolute Gasteiger partial charge is 0.493 e. The monoisotopic (exact) mass is 478 g/mol. The molecule has 168 valence electrons. The third kappa shape index (κ3) is 4.16. The zero-order chi connectivity index (χ0) is 22.9. The average molecular weight is 479 g/mol. The van der Waals surface area contributed by atoms with Crippen molar-refractivity contribution in [3.63, 3.8) is 0 Å². The number of fused-ring (bicyclic) bond motifs is 1. The predicted octanol–water partition coefficient (Wildman–Crippen LogP) is 5.32. The summed E-state index contributed by atoms with van der Waals surface area (Å²) in [5.41, 5.74) is 2.29. The Morgan fingerprint density at radius 2 is 1.88 bits per heavy atom. The number of benzene rings is 2. The van der Waals surface area contributed by atoms with Crippen LogP contribution < -0.4 is 15.0 Å². The van der Waals surface area contributed by atoms with Crippen LogP contribution in [0.15, 0.2) is 63.9 Å². The number of nitrogens with zero attached hydrogens (tertiary/aromatic N) is 2. The lowest BCUT2D eigenvalue weighted by atomic mass is 10.1. The molecule has 2 aromatic carbocycles. The molecule has 0 radical (unpaired) electrons. The number of ketones is 1. The number of para-hydroxylation sites is 1. The van der Waals surface area contributed by atoms with E-state index in [2.05, 4.69) is 5.38 Å². The fourth-order valence-electron chi connectivity index (χ4n) is 3.81. The summed E-state index contributed by atoms with van der Waals surface area (Å²) in [6.07, 6.45) is 2.24. The second kappa shape index (κ2) is 9.03. The van der Waals surface area contributed by atoms with Gasteiger partial charge in [0.25, 0.3) is 5.56 Å². The molecule has 5 rings (SSSR count). The summed E-state index contributed by atoms with van der Waals surface area (Å²) >= 11 is 2.77. The number of thioether (sulfide) groups is 1. The van der Waals surface area contributed by atoms with Crippen LogP contribution in [0.3, 0.4) is 0 Å². The molecule has 33 heavy (non-hydrogen) atoms. The Bertz CT molecular complexity index is 1390. The molecule has 0 N–H and O–H groups in total. The minimum absolute atomic E-state index is 0.0737. The second-order valence-electron chi connectivity index (χ2n) is 7.80. The van der Waals surface area contributed by atoms with Gasteiger partial charge in [-0.15, -0.1) is 11.3 Å². The summed E-state index contributed by atoms with van der Waals surface area (Å²) in [4.78, 5) is 32.1. The van der Waals surface area contributed by atoms with E-state index in [0.29, 0.717) is 33.5 Å². The van der Waals surface area contributed by atoms with Gasteiger partial charge < -0.3 is 9.47 Å². The number of methoxy groups -OCH3 is 2. The number of rotatable bonds is 8. The molecule has 0 atom stereocenters. The van der Waals surface area contributed by atoms with Crippen molar-refractivity contribution in [2.75, 3.05) is 20.0 Å². The molecule has 0 amide bonds.